The predicted octanol–water partition coefficient (Wildman–Crippen LogP) is -2.68. The maximum absolute atomic E-state index is 9.98. The molecule has 0 aromatic carbocycles. The SMILES string of the molecule is N[NH3+].O=C([O-])CCCCCCCC(=O)[O-]. The monoisotopic (exact) mass is 219 g/mol. The predicted molar refractivity (Wildman–Crippen MR) is 49.4 cm³/mol. The lowest BCUT2D eigenvalue weighted by molar-refractivity contribution is -0.379. The molecular formula is C9H19N2O4-. The van der Waals surface area contributed by atoms with Gasteiger partial charge in [-0.05, 0) is 25.7 Å². The average Bonchev–Trinajstić information content (AvgIpc) is 2.18. The normalized spacial score (nSPS) is 8.93. The van der Waals surface area contributed by atoms with Crippen molar-refractivity contribution in [1.29, 1.82) is 0 Å². The number of carbonyl (C=O) groups excluding carboxylic acids is 2. The summed E-state index contributed by atoms with van der Waals surface area (Å²) in [6.07, 6.45) is 3.95. The molecule has 90 valence electrons. The van der Waals surface area contributed by atoms with Gasteiger partial charge in [0.25, 0.3) is 0 Å². The number of carboxylic acid groups (broad SMARTS) is 2. The summed E-state index contributed by atoms with van der Waals surface area (Å²) >= 11 is 0. The number of rotatable bonds is 8. The molecule has 5 N–H and O–H groups in total. The van der Waals surface area contributed by atoms with Crippen LogP contribution in [0.2, 0.25) is 0 Å². The first kappa shape index (κ1) is 16.3. The molecule has 0 saturated heterocycles. The Hall–Kier alpha value is -1.14. The van der Waals surface area contributed by atoms with E-state index < -0.39 is 11.9 Å². The fourth-order valence-electron chi connectivity index (χ4n) is 1.07. The maximum Gasteiger partial charge on any atom is 0.0414 e. The maximum atomic E-state index is 9.98. The molecule has 0 amide bonds. The lowest BCUT2D eigenvalue weighted by Crippen LogP contribution is -2.59. The summed E-state index contributed by atoms with van der Waals surface area (Å²) in [5, 5.41) is 20.0. The standard InChI is InChI=1S/C9H16O4.H4N2/c10-8(11)6-4-2-1-3-5-7-9(12)13;1-2/h1-7H2,(H,10,11)(H,12,13);1-2H2/p-1. The van der Waals surface area contributed by atoms with Crippen LogP contribution in [0.3, 0.4) is 0 Å². The Bertz CT molecular complexity index is 155. The first-order valence-electron chi connectivity index (χ1n) is 4.93. The van der Waals surface area contributed by atoms with Gasteiger partial charge in [-0.1, -0.05) is 19.3 Å². The Labute approximate surface area is 89.2 Å². The third-order valence-corrected chi connectivity index (χ3v) is 1.76. The van der Waals surface area contributed by atoms with Crippen LogP contribution in [-0.4, -0.2) is 11.9 Å². The Morgan fingerprint density at radius 1 is 0.800 bits per heavy atom. The summed E-state index contributed by atoms with van der Waals surface area (Å²) in [6, 6.07) is 0. The Kier molecular flexibility index (Phi) is 14.0. The van der Waals surface area contributed by atoms with Crippen molar-refractivity contribution in [2.75, 3.05) is 0 Å². The highest BCUT2D eigenvalue weighted by Crippen LogP contribution is 2.06. The van der Waals surface area contributed by atoms with Gasteiger partial charge in [-0.25, -0.2) is 0 Å². The number of hydrogen-bond donors (Lipinski definition) is 2. The van der Waals surface area contributed by atoms with Crippen LogP contribution in [-0.2, 0) is 9.59 Å². The summed E-state index contributed by atoms with van der Waals surface area (Å²) in [6.45, 7) is 0. The summed E-state index contributed by atoms with van der Waals surface area (Å²) in [4.78, 5) is 20.0. The molecule has 0 heterocycles. The van der Waals surface area contributed by atoms with Gasteiger partial charge < -0.3 is 19.8 Å². The van der Waals surface area contributed by atoms with E-state index in [0.717, 1.165) is 19.3 Å². The third-order valence-electron chi connectivity index (χ3n) is 1.76. The van der Waals surface area contributed by atoms with Crippen molar-refractivity contribution in [2.45, 2.75) is 44.9 Å². The minimum Gasteiger partial charge on any atom is -0.550 e. The number of unbranched alkanes of at least 4 members (excludes halogenated alkanes) is 4. The number of carbonyl (C=O) groups is 2. The smallest absolute Gasteiger partial charge is 0.0414 e. The largest absolute Gasteiger partial charge is 0.550 e. The number of aliphatic carboxylic acids is 2. The van der Waals surface area contributed by atoms with Crippen molar-refractivity contribution in [1.82, 2.24) is 0 Å². The van der Waals surface area contributed by atoms with Crippen LogP contribution in [0.5, 0.6) is 0 Å². The molecule has 0 aromatic heterocycles. The van der Waals surface area contributed by atoms with Crippen molar-refractivity contribution in [3.05, 3.63) is 0 Å². The van der Waals surface area contributed by atoms with E-state index in [-0.39, 0.29) is 12.8 Å². The molecule has 0 bridgehead atoms. The first-order chi connectivity index (χ1) is 7.13. The zero-order chi connectivity index (χ0) is 12.1. The van der Waals surface area contributed by atoms with E-state index in [4.69, 9.17) is 0 Å². The number of nitrogens with two attached hydrogens (primary N) is 1. The molecule has 15 heavy (non-hydrogen) atoms. The zero-order valence-electron chi connectivity index (χ0n) is 8.87. The van der Waals surface area contributed by atoms with Crippen LogP contribution in [0.25, 0.3) is 0 Å². The van der Waals surface area contributed by atoms with Gasteiger partial charge in [0.2, 0.25) is 0 Å². The van der Waals surface area contributed by atoms with Gasteiger partial charge in [0.15, 0.2) is 0 Å². The Morgan fingerprint density at radius 3 is 1.33 bits per heavy atom. The van der Waals surface area contributed by atoms with Gasteiger partial charge in [-0.2, -0.15) is 5.84 Å². The molecular weight excluding hydrogens is 200 g/mol. The van der Waals surface area contributed by atoms with Crippen molar-refractivity contribution >= 4 is 11.9 Å². The molecule has 0 aliphatic heterocycles. The summed E-state index contributed by atoms with van der Waals surface area (Å²) in [7, 11) is 0. The zero-order valence-corrected chi connectivity index (χ0v) is 8.87. The highest BCUT2D eigenvalue weighted by molar-refractivity contribution is 5.64. The van der Waals surface area contributed by atoms with E-state index in [9.17, 15) is 19.8 Å². The molecule has 0 fully saturated rings. The second-order valence-electron chi connectivity index (χ2n) is 3.01. The van der Waals surface area contributed by atoms with E-state index >= 15 is 0 Å². The molecule has 0 rings (SSSR count). The summed E-state index contributed by atoms with van der Waals surface area (Å²) in [5.41, 5.74) is 0. The van der Waals surface area contributed by atoms with Gasteiger partial charge in [-0.3, -0.25) is 5.84 Å². The molecule has 0 radical (unpaired) electrons. The molecule has 0 aliphatic carbocycles. The van der Waals surface area contributed by atoms with E-state index in [1.807, 2.05) is 0 Å². The van der Waals surface area contributed by atoms with Gasteiger partial charge in [0, 0.05) is 11.9 Å². The van der Waals surface area contributed by atoms with Gasteiger partial charge in [-0.15, -0.1) is 0 Å². The molecule has 6 heteroatoms. The van der Waals surface area contributed by atoms with E-state index in [2.05, 4.69) is 11.7 Å². The minimum atomic E-state index is -1.02. The van der Waals surface area contributed by atoms with Crippen LogP contribution in [0, 0.1) is 0 Å². The molecule has 6 nitrogen and oxygen atoms in total. The molecule has 0 atom stereocenters. The van der Waals surface area contributed by atoms with Crippen LogP contribution in [0.15, 0.2) is 0 Å². The minimum absolute atomic E-state index is 0.0977. The van der Waals surface area contributed by atoms with Crippen LogP contribution in [0.1, 0.15) is 44.9 Å². The lowest BCUT2D eigenvalue weighted by Gasteiger charge is -2.03. The lowest BCUT2D eigenvalue weighted by atomic mass is 10.1. The second-order valence-corrected chi connectivity index (χ2v) is 3.01. The first-order valence-corrected chi connectivity index (χ1v) is 4.93. The highest BCUT2D eigenvalue weighted by Gasteiger charge is 1.91. The number of hydrogen-bond acceptors (Lipinski definition) is 5. The number of carboxylic acids is 2. The fraction of sp³-hybridized carbons (Fsp3) is 0.778. The molecule has 0 aromatic rings. The molecule has 0 aliphatic rings. The summed E-state index contributed by atoms with van der Waals surface area (Å²) < 4.78 is 0. The molecule has 0 unspecified atom stereocenters. The van der Waals surface area contributed by atoms with Crippen molar-refractivity contribution in [2.24, 2.45) is 5.84 Å². The third kappa shape index (κ3) is 19.3. The Balaban J connectivity index is 0. The average molecular weight is 219 g/mol. The number of quaternary nitrogens is 1. The summed E-state index contributed by atoms with van der Waals surface area (Å²) in [5.74, 6) is 4.96. The van der Waals surface area contributed by atoms with Gasteiger partial charge in [0.1, 0.15) is 0 Å². The van der Waals surface area contributed by atoms with Crippen LogP contribution < -0.4 is 21.9 Å². The quantitative estimate of drug-likeness (QED) is 0.260. The van der Waals surface area contributed by atoms with Gasteiger partial charge >= 0.3 is 0 Å². The topological polar surface area (TPSA) is 134 Å². The van der Waals surface area contributed by atoms with Crippen molar-refractivity contribution < 1.29 is 25.6 Å². The van der Waals surface area contributed by atoms with Crippen molar-refractivity contribution in [3.8, 4) is 0 Å². The van der Waals surface area contributed by atoms with Gasteiger partial charge in [0.05, 0.1) is 0 Å². The molecule has 0 spiro atoms. The highest BCUT2D eigenvalue weighted by atomic mass is 16.4. The molecule has 0 saturated carbocycles. The van der Waals surface area contributed by atoms with E-state index in [0.29, 0.717) is 12.8 Å². The Morgan fingerprint density at radius 2 is 1.07 bits per heavy atom. The van der Waals surface area contributed by atoms with E-state index in [1.54, 1.807) is 0 Å². The van der Waals surface area contributed by atoms with Crippen molar-refractivity contribution in [3.63, 3.8) is 0 Å². The van der Waals surface area contributed by atoms with Crippen LogP contribution in [0.4, 0.5) is 0 Å². The van der Waals surface area contributed by atoms with Crippen LogP contribution >= 0.6 is 0 Å². The fourth-order valence-corrected chi connectivity index (χ4v) is 1.07. The van der Waals surface area contributed by atoms with E-state index in [1.165, 1.54) is 0 Å². The second kappa shape index (κ2) is 12.9.